The van der Waals surface area contributed by atoms with Gasteiger partial charge >= 0.3 is 0 Å². The van der Waals surface area contributed by atoms with Gasteiger partial charge in [0, 0.05) is 6.42 Å². The van der Waals surface area contributed by atoms with Gasteiger partial charge in [0.15, 0.2) is 0 Å². The van der Waals surface area contributed by atoms with E-state index in [1.54, 1.807) is 6.08 Å². The summed E-state index contributed by atoms with van der Waals surface area (Å²) in [7, 11) is 1.23. The molecule has 0 saturated heterocycles. The molecule has 0 aliphatic carbocycles. The van der Waals surface area contributed by atoms with Crippen molar-refractivity contribution in [2.45, 2.75) is 193 Å². The van der Waals surface area contributed by atoms with Crippen LogP contribution in [0.15, 0.2) is 48.6 Å². The van der Waals surface area contributed by atoms with Crippen molar-refractivity contribution in [1.29, 1.82) is 0 Å². The number of likely N-dealkylation sites (N-methyl/N-ethyl adjacent to an activating group) is 1. The van der Waals surface area contributed by atoms with Crippen molar-refractivity contribution in [1.82, 2.24) is 5.32 Å². The van der Waals surface area contributed by atoms with Crippen LogP contribution in [0.5, 0.6) is 0 Å². The van der Waals surface area contributed by atoms with Gasteiger partial charge in [-0.25, -0.2) is 0 Å². The molecule has 0 saturated carbocycles. The molecule has 316 valence electrons. The predicted octanol–water partition coefficient (Wildman–Crippen LogP) is 11.4. The molecule has 8 nitrogen and oxygen atoms in total. The van der Waals surface area contributed by atoms with E-state index in [0.717, 1.165) is 44.9 Å². The highest BCUT2D eigenvalue weighted by Crippen LogP contribution is 2.38. The molecular weight excluding hydrogens is 695 g/mol. The lowest BCUT2D eigenvalue weighted by molar-refractivity contribution is -0.870. The van der Waals surface area contributed by atoms with Crippen LogP contribution in [0.4, 0.5) is 0 Å². The summed E-state index contributed by atoms with van der Waals surface area (Å²) in [6.45, 7) is 4.37. The third kappa shape index (κ3) is 38.7. The van der Waals surface area contributed by atoms with Gasteiger partial charge in [0.2, 0.25) is 5.91 Å². The van der Waals surface area contributed by atoms with Gasteiger partial charge < -0.3 is 28.8 Å². The number of aliphatic hydroxyl groups excluding tert-OH is 1. The van der Waals surface area contributed by atoms with E-state index in [1.165, 1.54) is 116 Å². The Morgan fingerprint density at radius 1 is 0.667 bits per heavy atom. The van der Waals surface area contributed by atoms with E-state index >= 15 is 0 Å². The van der Waals surface area contributed by atoms with Gasteiger partial charge in [0.25, 0.3) is 7.82 Å². The number of quaternary nitrogens is 1. The Kier molecular flexibility index (Phi) is 36.0. The Balaban J connectivity index is 4.23. The SMILES string of the molecule is C/C=C/CC/C=C/CC/C=C/C(O)C(COP(=O)([O-])OCC[N+](C)(C)C)NC(=O)CCCCCCCCCCCCC/C=C\CCCCCCCCCC. The molecule has 9 heteroatoms. The predicted molar refractivity (Wildman–Crippen MR) is 228 cm³/mol. The maximum absolute atomic E-state index is 12.8. The lowest BCUT2D eigenvalue weighted by atomic mass is 10.0. The summed E-state index contributed by atoms with van der Waals surface area (Å²) in [6.07, 6.45) is 46.2. The molecule has 0 heterocycles. The van der Waals surface area contributed by atoms with E-state index in [9.17, 15) is 19.4 Å². The number of hydrogen-bond donors (Lipinski definition) is 2. The van der Waals surface area contributed by atoms with Crippen molar-refractivity contribution in [2.24, 2.45) is 0 Å². The summed E-state index contributed by atoms with van der Waals surface area (Å²) < 4.78 is 23.1. The quantitative estimate of drug-likeness (QED) is 0.0278. The number of carbonyl (C=O) groups excluding carboxylic acids is 1. The van der Waals surface area contributed by atoms with Crippen molar-refractivity contribution >= 4 is 13.7 Å². The molecule has 0 radical (unpaired) electrons. The molecule has 2 N–H and O–H groups in total. The molecule has 0 spiro atoms. The average Bonchev–Trinajstić information content (AvgIpc) is 3.12. The first-order valence-electron chi connectivity index (χ1n) is 22.0. The van der Waals surface area contributed by atoms with Gasteiger partial charge in [-0.15, -0.1) is 0 Å². The minimum atomic E-state index is -4.59. The Hall–Kier alpha value is -1.54. The summed E-state index contributed by atoms with van der Waals surface area (Å²) in [6, 6.07) is -0.907. The van der Waals surface area contributed by atoms with Gasteiger partial charge in [0.1, 0.15) is 13.2 Å². The van der Waals surface area contributed by atoms with Gasteiger partial charge in [0.05, 0.1) is 39.9 Å². The van der Waals surface area contributed by atoms with Crippen LogP contribution in [0.2, 0.25) is 0 Å². The number of phosphoric acid groups is 1. The summed E-state index contributed by atoms with van der Waals surface area (Å²) in [4.78, 5) is 25.2. The van der Waals surface area contributed by atoms with Gasteiger partial charge in [-0.1, -0.05) is 158 Å². The summed E-state index contributed by atoms with van der Waals surface area (Å²) in [5.41, 5.74) is 0. The van der Waals surface area contributed by atoms with E-state index < -0.39 is 26.6 Å². The zero-order valence-corrected chi connectivity index (χ0v) is 36.6. The van der Waals surface area contributed by atoms with E-state index in [4.69, 9.17) is 9.05 Å². The fourth-order valence-electron chi connectivity index (χ4n) is 6.07. The van der Waals surface area contributed by atoms with Crippen LogP contribution >= 0.6 is 7.82 Å². The molecule has 54 heavy (non-hydrogen) atoms. The molecule has 1 amide bonds. The number of rotatable bonds is 39. The van der Waals surface area contributed by atoms with Crippen LogP contribution in [0.25, 0.3) is 0 Å². The van der Waals surface area contributed by atoms with Crippen LogP contribution in [-0.2, 0) is 18.4 Å². The van der Waals surface area contributed by atoms with E-state index in [0.29, 0.717) is 17.4 Å². The molecule has 3 unspecified atom stereocenters. The summed E-state index contributed by atoms with van der Waals surface area (Å²) in [5.74, 6) is -0.217. The van der Waals surface area contributed by atoms with Crippen molar-refractivity contribution < 1.29 is 32.9 Å². The van der Waals surface area contributed by atoms with Crippen molar-refractivity contribution in [2.75, 3.05) is 40.9 Å². The highest BCUT2D eigenvalue weighted by Gasteiger charge is 2.23. The number of carbonyl (C=O) groups is 1. The Bertz CT molecular complexity index is 1020. The number of aliphatic hydroxyl groups is 1. The fraction of sp³-hybridized carbons (Fsp3) is 0.800. The first-order valence-corrected chi connectivity index (χ1v) is 23.4. The summed E-state index contributed by atoms with van der Waals surface area (Å²) >= 11 is 0. The molecule has 0 aliphatic rings. The fourth-order valence-corrected chi connectivity index (χ4v) is 6.79. The lowest BCUT2D eigenvalue weighted by Gasteiger charge is -2.29. The number of hydrogen-bond acceptors (Lipinski definition) is 6. The Labute approximate surface area is 333 Å². The molecule has 0 aromatic carbocycles. The zero-order chi connectivity index (χ0) is 40.0. The van der Waals surface area contributed by atoms with Crippen molar-refractivity contribution in [3.63, 3.8) is 0 Å². The number of nitrogens with zero attached hydrogens (tertiary/aromatic N) is 1. The Morgan fingerprint density at radius 3 is 1.61 bits per heavy atom. The average molecular weight is 781 g/mol. The molecule has 0 bridgehead atoms. The van der Waals surface area contributed by atoms with E-state index in [1.807, 2.05) is 40.2 Å². The molecule has 0 fully saturated rings. The zero-order valence-electron chi connectivity index (χ0n) is 35.7. The van der Waals surface area contributed by atoms with Crippen LogP contribution in [0, 0.1) is 0 Å². The smallest absolute Gasteiger partial charge is 0.268 e. The van der Waals surface area contributed by atoms with Crippen LogP contribution < -0.4 is 10.2 Å². The summed E-state index contributed by atoms with van der Waals surface area (Å²) in [5, 5.41) is 13.7. The molecule has 0 aliphatic heterocycles. The monoisotopic (exact) mass is 781 g/mol. The lowest BCUT2D eigenvalue weighted by Crippen LogP contribution is -2.45. The van der Waals surface area contributed by atoms with Crippen molar-refractivity contribution in [3.05, 3.63) is 48.6 Å². The Morgan fingerprint density at radius 2 is 1.11 bits per heavy atom. The van der Waals surface area contributed by atoms with Crippen LogP contribution in [-0.4, -0.2) is 68.5 Å². The van der Waals surface area contributed by atoms with E-state index in [2.05, 4.69) is 42.6 Å². The third-order valence-corrected chi connectivity index (χ3v) is 10.5. The maximum Gasteiger partial charge on any atom is 0.268 e. The molecule has 0 rings (SSSR count). The van der Waals surface area contributed by atoms with Gasteiger partial charge in [-0.05, 0) is 64.7 Å². The topological polar surface area (TPSA) is 108 Å². The highest BCUT2D eigenvalue weighted by molar-refractivity contribution is 7.45. The standard InChI is InChI=1S/C45H85N2O6P/c1-6-8-10-12-14-16-17-18-19-20-21-22-23-24-25-26-27-28-29-31-33-35-37-39-45(49)46-43(42-53-54(50,51)52-41-40-47(3,4)5)44(48)38-36-34-32-30-15-13-11-9-7-2/h7,9,15,20-21,30,36,38,43-44,48H,6,8,10-14,16-19,22-29,31-35,37,39-42H2,1-5H3,(H-,46,49,50,51)/b9-7+,21-20-,30-15+,38-36+. The largest absolute Gasteiger partial charge is 0.756 e. The van der Waals surface area contributed by atoms with Crippen LogP contribution in [0.1, 0.15) is 181 Å². The second-order valence-electron chi connectivity index (χ2n) is 16.0. The number of amides is 1. The molecule has 0 aromatic rings. The minimum absolute atomic E-state index is 0.0104. The van der Waals surface area contributed by atoms with Gasteiger partial charge in [-0.2, -0.15) is 0 Å². The number of allylic oxidation sites excluding steroid dienone is 7. The maximum atomic E-state index is 12.8. The van der Waals surface area contributed by atoms with Crippen LogP contribution in [0.3, 0.4) is 0 Å². The molecule has 3 atom stereocenters. The highest BCUT2D eigenvalue weighted by atomic mass is 31.2. The first kappa shape index (κ1) is 52.5. The number of unbranched alkanes of at least 4 members (excludes halogenated alkanes) is 21. The number of phosphoric ester groups is 1. The minimum Gasteiger partial charge on any atom is -0.756 e. The molecular formula is C45H85N2O6P. The normalized spacial score (nSPS) is 14.9. The van der Waals surface area contributed by atoms with E-state index in [-0.39, 0.29) is 12.5 Å². The second-order valence-corrected chi connectivity index (χ2v) is 17.5. The van der Waals surface area contributed by atoms with Crippen molar-refractivity contribution in [3.8, 4) is 0 Å². The number of nitrogens with one attached hydrogen (secondary N) is 1. The first-order chi connectivity index (χ1) is 26.0. The molecule has 0 aromatic heterocycles. The second kappa shape index (κ2) is 37.1. The van der Waals surface area contributed by atoms with Gasteiger partial charge in [-0.3, -0.25) is 9.36 Å². The third-order valence-electron chi connectivity index (χ3n) is 9.58.